The lowest BCUT2D eigenvalue weighted by Crippen LogP contribution is -2.43. The average molecular weight is 243 g/mol. The minimum Gasteiger partial charge on any atom is -0.372 e. The van der Waals surface area contributed by atoms with Crippen molar-refractivity contribution in [3.05, 3.63) is 41.5 Å². The minimum atomic E-state index is 0.494. The highest BCUT2D eigenvalue weighted by Crippen LogP contribution is 2.26. The summed E-state index contributed by atoms with van der Waals surface area (Å²) in [6.45, 7) is 5.52. The molecule has 2 heteroatoms. The van der Waals surface area contributed by atoms with E-state index in [9.17, 15) is 0 Å². The highest BCUT2D eigenvalue weighted by atomic mass is 16.5. The number of hydrogen-bond acceptors (Lipinski definition) is 2. The lowest BCUT2D eigenvalue weighted by Gasteiger charge is -2.32. The van der Waals surface area contributed by atoms with Crippen LogP contribution in [0.25, 0.3) is 6.08 Å². The molecule has 0 aliphatic carbocycles. The van der Waals surface area contributed by atoms with Crippen molar-refractivity contribution in [3.63, 3.8) is 0 Å². The topological polar surface area (TPSA) is 12.5 Å². The first-order chi connectivity index (χ1) is 8.79. The van der Waals surface area contributed by atoms with E-state index in [1.807, 2.05) is 0 Å². The Hall–Kier alpha value is -1.12. The van der Waals surface area contributed by atoms with E-state index in [0.29, 0.717) is 12.2 Å². The quantitative estimate of drug-likeness (QED) is 0.809. The molecule has 2 fully saturated rings. The zero-order valence-electron chi connectivity index (χ0n) is 11.0. The first-order valence-corrected chi connectivity index (χ1v) is 6.89. The number of benzene rings is 1. The molecular formula is C16H21NO. The van der Waals surface area contributed by atoms with Crippen molar-refractivity contribution < 1.29 is 4.74 Å². The molecular weight excluding hydrogens is 222 g/mol. The van der Waals surface area contributed by atoms with Gasteiger partial charge in [0.2, 0.25) is 0 Å². The highest BCUT2D eigenvalue weighted by molar-refractivity contribution is 5.52. The van der Waals surface area contributed by atoms with Crippen LogP contribution >= 0.6 is 0 Å². The molecule has 0 N–H and O–H groups in total. The van der Waals surface area contributed by atoms with E-state index in [-0.39, 0.29) is 0 Å². The maximum absolute atomic E-state index is 5.87. The molecule has 2 aliphatic heterocycles. The molecule has 3 rings (SSSR count). The first kappa shape index (κ1) is 11.9. The largest absolute Gasteiger partial charge is 0.372 e. The van der Waals surface area contributed by atoms with Crippen LogP contribution in [0.4, 0.5) is 0 Å². The van der Waals surface area contributed by atoms with Gasteiger partial charge < -0.3 is 4.74 Å². The number of hydrogen-bond donors (Lipinski definition) is 0. The van der Waals surface area contributed by atoms with Gasteiger partial charge in [-0.15, -0.1) is 0 Å². The van der Waals surface area contributed by atoms with Crippen molar-refractivity contribution in [2.75, 3.05) is 19.6 Å². The molecule has 2 heterocycles. The molecule has 1 aromatic rings. The fourth-order valence-electron chi connectivity index (χ4n) is 3.06. The van der Waals surface area contributed by atoms with Gasteiger partial charge in [0, 0.05) is 19.6 Å². The van der Waals surface area contributed by atoms with Gasteiger partial charge in [0.15, 0.2) is 0 Å². The predicted molar refractivity (Wildman–Crippen MR) is 74.4 cm³/mol. The Kier molecular flexibility index (Phi) is 3.48. The maximum atomic E-state index is 5.87. The van der Waals surface area contributed by atoms with Crippen LogP contribution in [0, 0.1) is 0 Å². The molecule has 2 nitrogen and oxygen atoms in total. The van der Waals surface area contributed by atoms with Gasteiger partial charge in [-0.05, 0) is 25.3 Å². The zero-order valence-corrected chi connectivity index (χ0v) is 11.0. The summed E-state index contributed by atoms with van der Waals surface area (Å²) in [5.41, 5.74) is 2.73. The zero-order chi connectivity index (χ0) is 12.4. The number of ether oxygens (including phenoxy) is 1. The maximum Gasteiger partial charge on any atom is 0.0707 e. The summed E-state index contributed by atoms with van der Waals surface area (Å²) in [6, 6.07) is 10.6. The van der Waals surface area contributed by atoms with Crippen LogP contribution in [0.3, 0.4) is 0 Å². The average Bonchev–Trinajstić information content (AvgIpc) is 2.70. The van der Waals surface area contributed by atoms with Crippen LogP contribution in [-0.4, -0.2) is 36.7 Å². The molecule has 18 heavy (non-hydrogen) atoms. The molecule has 0 amide bonds. The van der Waals surface area contributed by atoms with E-state index < -0.39 is 0 Å². The third kappa shape index (κ3) is 2.82. The van der Waals surface area contributed by atoms with Crippen molar-refractivity contribution in [3.8, 4) is 0 Å². The number of likely N-dealkylation sites (tertiary alicyclic amines) is 1. The molecule has 2 unspecified atom stereocenters. The fourth-order valence-corrected chi connectivity index (χ4v) is 3.06. The second-order valence-corrected chi connectivity index (χ2v) is 5.55. The lowest BCUT2D eigenvalue weighted by molar-refractivity contribution is -0.0350. The van der Waals surface area contributed by atoms with Crippen molar-refractivity contribution in [1.29, 1.82) is 0 Å². The molecule has 0 aromatic heterocycles. The van der Waals surface area contributed by atoms with Gasteiger partial charge in [0.1, 0.15) is 0 Å². The Morgan fingerprint density at radius 1 is 1.22 bits per heavy atom. The second-order valence-electron chi connectivity index (χ2n) is 5.55. The van der Waals surface area contributed by atoms with Crippen LogP contribution in [0.2, 0.25) is 0 Å². The summed E-state index contributed by atoms with van der Waals surface area (Å²) in [7, 11) is 0. The summed E-state index contributed by atoms with van der Waals surface area (Å²) in [4.78, 5) is 2.54. The Morgan fingerprint density at radius 3 is 2.56 bits per heavy atom. The van der Waals surface area contributed by atoms with Gasteiger partial charge in [-0.25, -0.2) is 0 Å². The molecule has 1 aromatic carbocycles. The molecule has 0 radical (unpaired) electrons. The predicted octanol–water partition coefficient (Wildman–Crippen LogP) is 2.95. The molecule has 0 spiro atoms. The normalized spacial score (nSPS) is 28.6. The SMILES string of the molecule is CC(=Cc1ccccc1)CN1CC2CCC(C1)O2. The van der Waals surface area contributed by atoms with E-state index in [1.165, 1.54) is 24.0 Å². The summed E-state index contributed by atoms with van der Waals surface area (Å²) in [6.07, 6.45) is 5.78. The Bertz CT molecular complexity index is 414. The van der Waals surface area contributed by atoms with Crippen LogP contribution in [0.5, 0.6) is 0 Å². The van der Waals surface area contributed by atoms with E-state index >= 15 is 0 Å². The Labute approximate surface area is 109 Å². The molecule has 0 saturated carbocycles. The third-order valence-electron chi connectivity index (χ3n) is 3.80. The number of nitrogens with zero attached hydrogens (tertiary/aromatic N) is 1. The monoisotopic (exact) mass is 243 g/mol. The second kappa shape index (κ2) is 5.25. The highest BCUT2D eigenvalue weighted by Gasteiger charge is 2.33. The summed E-state index contributed by atoms with van der Waals surface area (Å²) in [5, 5.41) is 0. The summed E-state index contributed by atoms with van der Waals surface area (Å²) >= 11 is 0. The van der Waals surface area contributed by atoms with Crippen LogP contribution < -0.4 is 0 Å². The van der Waals surface area contributed by atoms with Crippen LogP contribution in [-0.2, 0) is 4.74 Å². The summed E-state index contributed by atoms with van der Waals surface area (Å²) < 4.78 is 5.87. The molecule has 96 valence electrons. The van der Waals surface area contributed by atoms with Crippen LogP contribution in [0.1, 0.15) is 25.3 Å². The van der Waals surface area contributed by atoms with Crippen molar-refractivity contribution in [2.24, 2.45) is 0 Å². The number of morpholine rings is 1. The van der Waals surface area contributed by atoms with Crippen LogP contribution in [0.15, 0.2) is 35.9 Å². The van der Waals surface area contributed by atoms with Gasteiger partial charge in [0.25, 0.3) is 0 Å². The smallest absolute Gasteiger partial charge is 0.0707 e. The molecule has 2 atom stereocenters. The first-order valence-electron chi connectivity index (χ1n) is 6.89. The Balaban J connectivity index is 1.61. The van der Waals surface area contributed by atoms with Gasteiger partial charge in [-0.2, -0.15) is 0 Å². The summed E-state index contributed by atoms with van der Waals surface area (Å²) in [5.74, 6) is 0. The van der Waals surface area contributed by atoms with Crippen molar-refractivity contribution in [2.45, 2.75) is 32.0 Å². The molecule has 2 bridgehead atoms. The molecule has 2 saturated heterocycles. The van der Waals surface area contributed by atoms with Crippen molar-refractivity contribution in [1.82, 2.24) is 4.90 Å². The van der Waals surface area contributed by atoms with Gasteiger partial charge in [-0.1, -0.05) is 42.0 Å². The lowest BCUT2D eigenvalue weighted by atomic mass is 10.1. The van der Waals surface area contributed by atoms with Crippen molar-refractivity contribution >= 4 is 6.08 Å². The van der Waals surface area contributed by atoms with E-state index in [1.54, 1.807) is 0 Å². The standard InChI is InChI=1S/C16H21NO/c1-13(9-14-5-3-2-4-6-14)10-17-11-15-7-8-16(12-17)18-15/h2-6,9,15-16H,7-8,10-12H2,1H3. The van der Waals surface area contributed by atoms with Gasteiger partial charge in [-0.3, -0.25) is 4.90 Å². The number of rotatable bonds is 3. The van der Waals surface area contributed by atoms with E-state index in [0.717, 1.165) is 19.6 Å². The van der Waals surface area contributed by atoms with Gasteiger partial charge >= 0.3 is 0 Å². The molecule has 2 aliphatic rings. The van der Waals surface area contributed by atoms with E-state index in [4.69, 9.17) is 4.74 Å². The fraction of sp³-hybridized carbons (Fsp3) is 0.500. The van der Waals surface area contributed by atoms with Gasteiger partial charge in [0.05, 0.1) is 12.2 Å². The third-order valence-corrected chi connectivity index (χ3v) is 3.80. The minimum absolute atomic E-state index is 0.494. The Morgan fingerprint density at radius 2 is 1.89 bits per heavy atom. The van der Waals surface area contributed by atoms with E-state index in [2.05, 4.69) is 48.2 Å². The number of fused-ring (bicyclic) bond motifs is 2.